The highest BCUT2D eigenvalue weighted by atomic mass is 32.1. The molecule has 0 fully saturated rings. The molecule has 0 spiro atoms. The molecule has 19 heavy (non-hydrogen) atoms. The van der Waals surface area contributed by atoms with Crippen molar-refractivity contribution >= 4 is 23.0 Å². The molecule has 1 atom stereocenters. The molecular weight excluding hydrogens is 258 g/mol. The summed E-state index contributed by atoms with van der Waals surface area (Å²) >= 11 is 1.42. The molecule has 1 aliphatic heterocycles. The number of carbonyl (C=O) groups is 2. The molecule has 3 nitrogen and oxygen atoms in total. The van der Waals surface area contributed by atoms with E-state index in [-0.39, 0.29) is 17.7 Å². The van der Waals surface area contributed by atoms with Crippen LogP contribution in [0.5, 0.6) is 0 Å². The predicted octanol–water partition coefficient (Wildman–Crippen LogP) is 3.06. The van der Waals surface area contributed by atoms with Gasteiger partial charge in [-0.25, -0.2) is 0 Å². The minimum atomic E-state index is 0.0652. The van der Waals surface area contributed by atoms with Gasteiger partial charge in [-0.15, -0.1) is 11.3 Å². The molecule has 1 aromatic heterocycles. The Morgan fingerprint density at radius 1 is 1.47 bits per heavy atom. The average Bonchev–Trinajstić information content (AvgIpc) is 2.98. The Kier molecular flexibility index (Phi) is 4.53. The maximum atomic E-state index is 12.3. The second-order valence-corrected chi connectivity index (χ2v) is 5.79. The van der Waals surface area contributed by atoms with Gasteiger partial charge in [0.05, 0.1) is 17.3 Å². The molecular formula is C15H19NO2S. The fraction of sp³-hybridized carbons (Fsp3) is 0.467. The number of rotatable bonds is 5. The lowest BCUT2D eigenvalue weighted by Gasteiger charge is -2.24. The summed E-state index contributed by atoms with van der Waals surface area (Å²) in [5.41, 5.74) is 0.947. The van der Waals surface area contributed by atoms with Crippen molar-refractivity contribution in [2.24, 2.45) is 0 Å². The summed E-state index contributed by atoms with van der Waals surface area (Å²) < 4.78 is 0. The molecule has 0 aromatic carbocycles. The number of hydrogen-bond donors (Lipinski definition) is 0. The molecule has 0 radical (unpaired) electrons. The molecule has 0 unspecified atom stereocenters. The highest BCUT2D eigenvalue weighted by Gasteiger charge is 2.24. The third kappa shape index (κ3) is 3.32. The maximum Gasteiger partial charge on any atom is 0.227 e. The van der Waals surface area contributed by atoms with Crippen molar-refractivity contribution in [3.8, 4) is 0 Å². The number of hydrogen-bond acceptors (Lipinski definition) is 3. The number of thiophene rings is 1. The standard InChI is InChI=1S/C15H19NO2S/c1-3-5-13-6-4-7-16(13)15(18)9-12-8-14(11(2)17)19-10-12/h4,6,8,10,13H,3,5,7,9H2,1-2H3/t13-/m0/s1. The van der Waals surface area contributed by atoms with Crippen LogP contribution in [0.1, 0.15) is 41.9 Å². The minimum absolute atomic E-state index is 0.0652. The first-order valence-electron chi connectivity index (χ1n) is 6.66. The first-order valence-corrected chi connectivity index (χ1v) is 7.54. The van der Waals surface area contributed by atoms with Crippen molar-refractivity contribution in [3.63, 3.8) is 0 Å². The normalized spacial score (nSPS) is 18.0. The van der Waals surface area contributed by atoms with E-state index in [0.717, 1.165) is 23.3 Å². The zero-order valence-corrected chi connectivity index (χ0v) is 12.2. The van der Waals surface area contributed by atoms with Crippen LogP contribution in [0.4, 0.5) is 0 Å². The fourth-order valence-corrected chi connectivity index (χ4v) is 3.15. The zero-order valence-electron chi connectivity index (χ0n) is 11.4. The second-order valence-electron chi connectivity index (χ2n) is 4.88. The number of Topliss-reactive ketones (excluding diaryl/α,β-unsaturated/α-hetero) is 1. The fourth-order valence-electron chi connectivity index (χ4n) is 2.33. The van der Waals surface area contributed by atoms with Gasteiger partial charge in [0.1, 0.15) is 0 Å². The summed E-state index contributed by atoms with van der Waals surface area (Å²) in [6.07, 6.45) is 6.67. The van der Waals surface area contributed by atoms with Crippen LogP contribution in [0.15, 0.2) is 23.6 Å². The number of carbonyl (C=O) groups excluding carboxylic acids is 2. The van der Waals surface area contributed by atoms with E-state index in [1.165, 1.54) is 11.3 Å². The lowest BCUT2D eigenvalue weighted by molar-refractivity contribution is -0.130. The molecule has 2 heterocycles. The van der Waals surface area contributed by atoms with Crippen molar-refractivity contribution in [2.45, 2.75) is 39.2 Å². The Hall–Kier alpha value is -1.42. The maximum absolute atomic E-state index is 12.3. The van der Waals surface area contributed by atoms with Crippen molar-refractivity contribution in [1.82, 2.24) is 4.90 Å². The smallest absolute Gasteiger partial charge is 0.227 e. The van der Waals surface area contributed by atoms with Gasteiger partial charge in [-0.05, 0) is 30.4 Å². The molecule has 2 rings (SSSR count). The molecule has 4 heteroatoms. The van der Waals surface area contributed by atoms with Crippen molar-refractivity contribution < 1.29 is 9.59 Å². The van der Waals surface area contributed by atoms with Gasteiger partial charge in [-0.2, -0.15) is 0 Å². The van der Waals surface area contributed by atoms with E-state index in [1.807, 2.05) is 16.3 Å². The SMILES string of the molecule is CCC[C@H]1C=CCN1C(=O)Cc1csc(C(C)=O)c1. The molecule has 0 N–H and O–H groups in total. The van der Waals surface area contributed by atoms with Crippen LogP contribution in [0.25, 0.3) is 0 Å². The lowest BCUT2D eigenvalue weighted by atomic mass is 10.1. The Morgan fingerprint density at radius 2 is 2.26 bits per heavy atom. The summed E-state index contributed by atoms with van der Waals surface area (Å²) in [4.78, 5) is 26.2. The van der Waals surface area contributed by atoms with E-state index in [1.54, 1.807) is 6.92 Å². The van der Waals surface area contributed by atoms with Crippen molar-refractivity contribution in [1.29, 1.82) is 0 Å². The first-order chi connectivity index (χ1) is 9.11. The molecule has 102 valence electrons. The molecule has 0 saturated carbocycles. The molecule has 1 amide bonds. The van der Waals surface area contributed by atoms with E-state index in [4.69, 9.17) is 0 Å². The third-order valence-electron chi connectivity index (χ3n) is 3.32. The number of amides is 1. The zero-order chi connectivity index (χ0) is 13.8. The van der Waals surface area contributed by atoms with Crippen LogP contribution < -0.4 is 0 Å². The van der Waals surface area contributed by atoms with E-state index in [2.05, 4.69) is 19.1 Å². The topological polar surface area (TPSA) is 37.4 Å². The van der Waals surface area contributed by atoms with Crippen LogP contribution in [-0.2, 0) is 11.2 Å². The van der Waals surface area contributed by atoms with Gasteiger partial charge in [-0.3, -0.25) is 9.59 Å². The quantitative estimate of drug-likeness (QED) is 0.613. The molecule has 0 saturated heterocycles. The molecule has 0 bridgehead atoms. The Labute approximate surface area is 117 Å². The van der Waals surface area contributed by atoms with E-state index in [0.29, 0.717) is 13.0 Å². The Balaban J connectivity index is 1.98. The summed E-state index contributed by atoms with van der Waals surface area (Å²) in [5.74, 6) is 0.215. The Bertz CT molecular complexity index is 504. The van der Waals surface area contributed by atoms with Gasteiger partial charge >= 0.3 is 0 Å². The average molecular weight is 277 g/mol. The monoisotopic (exact) mass is 277 g/mol. The van der Waals surface area contributed by atoms with E-state index in [9.17, 15) is 9.59 Å². The molecule has 0 aliphatic carbocycles. The Morgan fingerprint density at radius 3 is 2.89 bits per heavy atom. The van der Waals surface area contributed by atoms with Gasteiger partial charge in [-0.1, -0.05) is 25.5 Å². The molecule has 1 aliphatic rings. The van der Waals surface area contributed by atoms with Crippen LogP contribution in [0, 0.1) is 0 Å². The van der Waals surface area contributed by atoms with E-state index < -0.39 is 0 Å². The number of ketones is 1. The first kappa shape index (κ1) is 14.0. The predicted molar refractivity (Wildman–Crippen MR) is 77.6 cm³/mol. The van der Waals surface area contributed by atoms with Crippen LogP contribution in [-0.4, -0.2) is 29.2 Å². The summed E-state index contributed by atoms with van der Waals surface area (Å²) in [6, 6.07) is 2.09. The minimum Gasteiger partial charge on any atom is -0.332 e. The van der Waals surface area contributed by atoms with Gasteiger partial charge < -0.3 is 4.90 Å². The third-order valence-corrected chi connectivity index (χ3v) is 4.40. The lowest BCUT2D eigenvalue weighted by Crippen LogP contribution is -2.36. The summed E-state index contributed by atoms with van der Waals surface area (Å²) in [5, 5.41) is 1.91. The number of nitrogens with zero attached hydrogens (tertiary/aromatic N) is 1. The van der Waals surface area contributed by atoms with Gasteiger partial charge in [0.15, 0.2) is 5.78 Å². The van der Waals surface area contributed by atoms with Gasteiger partial charge in [0.2, 0.25) is 5.91 Å². The van der Waals surface area contributed by atoms with Gasteiger partial charge in [0.25, 0.3) is 0 Å². The summed E-state index contributed by atoms with van der Waals surface area (Å²) in [6.45, 7) is 4.40. The summed E-state index contributed by atoms with van der Waals surface area (Å²) in [7, 11) is 0. The van der Waals surface area contributed by atoms with Gasteiger partial charge in [0, 0.05) is 6.54 Å². The second kappa shape index (κ2) is 6.15. The highest BCUT2D eigenvalue weighted by Crippen LogP contribution is 2.19. The van der Waals surface area contributed by atoms with Crippen molar-refractivity contribution in [2.75, 3.05) is 6.54 Å². The van der Waals surface area contributed by atoms with E-state index >= 15 is 0 Å². The highest BCUT2D eigenvalue weighted by molar-refractivity contribution is 7.12. The van der Waals surface area contributed by atoms with Crippen LogP contribution >= 0.6 is 11.3 Å². The van der Waals surface area contributed by atoms with Crippen LogP contribution in [0.2, 0.25) is 0 Å². The largest absolute Gasteiger partial charge is 0.332 e. The van der Waals surface area contributed by atoms with Crippen LogP contribution in [0.3, 0.4) is 0 Å². The molecule has 1 aromatic rings. The van der Waals surface area contributed by atoms with Crippen molar-refractivity contribution in [3.05, 3.63) is 34.0 Å².